The molecule has 1 aromatic heterocycles. The molecule has 0 amide bonds. The van der Waals surface area contributed by atoms with Gasteiger partial charge in [0, 0.05) is 24.5 Å². The van der Waals surface area contributed by atoms with Gasteiger partial charge in [0.25, 0.3) is 0 Å². The zero-order chi connectivity index (χ0) is 14.1. The maximum atomic E-state index is 6.05. The molecule has 0 radical (unpaired) electrons. The molecule has 3 rings (SSSR count). The van der Waals surface area contributed by atoms with Crippen LogP contribution in [0, 0.1) is 0 Å². The highest BCUT2D eigenvalue weighted by atomic mass is 35.5. The van der Waals surface area contributed by atoms with Gasteiger partial charge >= 0.3 is 0 Å². The van der Waals surface area contributed by atoms with E-state index in [4.69, 9.17) is 16.3 Å². The van der Waals surface area contributed by atoms with Gasteiger partial charge in [0.05, 0.1) is 12.6 Å². The number of ether oxygens (including phenoxy) is 1. The van der Waals surface area contributed by atoms with Gasteiger partial charge in [-0.1, -0.05) is 0 Å². The first-order valence-electron chi connectivity index (χ1n) is 6.65. The highest BCUT2D eigenvalue weighted by molar-refractivity contribution is 6.28. The lowest BCUT2D eigenvalue weighted by atomic mass is 10.2. The van der Waals surface area contributed by atoms with E-state index in [0.29, 0.717) is 6.04 Å². The number of anilines is 1. The van der Waals surface area contributed by atoms with Gasteiger partial charge in [-0.25, -0.2) is 4.98 Å². The van der Waals surface area contributed by atoms with Crippen molar-refractivity contribution in [1.29, 1.82) is 0 Å². The number of halogens is 1. The van der Waals surface area contributed by atoms with Crippen LogP contribution in [0.5, 0.6) is 5.75 Å². The molecule has 0 bridgehead atoms. The van der Waals surface area contributed by atoms with E-state index in [9.17, 15) is 0 Å². The first-order valence-corrected chi connectivity index (χ1v) is 7.02. The number of methoxy groups -OCH3 is 1. The van der Waals surface area contributed by atoms with E-state index in [0.717, 1.165) is 42.0 Å². The summed E-state index contributed by atoms with van der Waals surface area (Å²) in [5.41, 5.74) is 0.841. The van der Waals surface area contributed by atoms with Crippen LogP contribution in [-0.4, -0.2) is 43.3 Å². The van der Waals surface area contributed by atoms with E-state index in [1.54, 1.807) is 7.11 Å². The van der Waals surface area contributed by atoms with E-state index in [1.165, 1.54) is 0 Å². The lowest BCUT2D eigenvalue weighted by Gasteiger charge is -2.19. The van der Waals surface area contributed by atoms with Gasteiger partial charge in [-0.15, -0.1) is 0 Å². The maximum absolute atomic E-state index is 6.05. The lowest BCUT2D eigenvalue weighted by molar-refractivity contribution is 0.415. The van der Waals surface area contributed by atoms with Crippen molar-refractivity contribution < 1.29 is 4.74 Å². The smallest absolute Gasteiger partial charge is 0.224 e. The number of likely N-dealkylation sites (N-methyl/N-ethyl adjacent to an activating group) is 1. The number of aromatic nitrogens is 2. The van der Waals surface area contributed by atoms with E-state index in [2.05, 4.69) is 20.2 Å². The Morgan fingerprint density at radius 2 is 2.25 bits per heavy atom. The summed E-state index contributed by atoms with van der Waals surface area (Å²) in [6.07, 6.45) is 1.10. The second kappa shape index (κ2) is 5.42. The van der Waals surface area contributed by atoms with Crippen LogP contribution in [0.3, 0.4) is 0 Å². The van der Waals surface area contributed by atoms with Crippen LogP contribution < -0.4 is 15.0 Å². The molecule has 1 N–H and O–H groups in total. The Kier molecular flexibility index (Phi) is 3.63. The number of nitrogens with one attached hydrogen (secondary N) is 1. The van der Waals surface area contributed by atoms with Gasteiger partial charge in [0.2, 0.25) is 5.28 Å². The zero-order valence-corrected chi connectivity index (χ0v) is 12.3. The average Bonchev–Trinajstić information content (AvgIpc) is 2.94. The third-order valence-corrected chi connectivity index (χ3v) is 3.92. The van der Waals surface area contributed by atoms with Gasteiger partial charge in [0.1, 0.15) is 11.6 Å². The molecule has 2 heterocycles. The molecule has 1 aromatic carbocycles. The molecule has 20 heavy (non-hydrogen) atoms. The molecule has 5 nitrogen and oxygen atoms in total. The second-order valence-electron chi connectivity index (χ2n) is 4.92. The summed E-state index contributed by atoms with van der Waals surface area (Å²) in [6, 6.07) is 6.25. The van der Waals surface area contributed by atoms with Crippen molar-refractivity contribution in [2.45, 2.75) is 12.5 Å². The summed E-state index contributed by atoms with van der Waals surface area (Å²) in [5, 5.41) is 4.57. The number of fused-ring (bicyclic) bond motifs is 1. The minimum atomic E-state index is 0.283. The Morgan fingerprint density at radius 1 is 1.40 bits per heavy atom. The van der Waals surface area contributed by atoms with Crippen molar-refractivity contribution in [2.75, 3.05) is 32.1 Å². The average molecular weight is 293 g/mol. The van der Waals surface area contributed by atoms with Crippen LogP contribution in [0.15, 0.2) is 18.2 Å². The monoisotopic (exact) mass is 292 g/mol. The van der Waals surface area contributed by atoms with Gasteiger partial charge in [0.15, 0.2) is 0 Å². The largest absolute Gasteiger partial charge is 0.497 e. The number of benzene rings is 1. The standard InChI is InChI=1S/C14H17ClN4O/c1-16-9-5-6-19(8-9)13-11-7-10(20-2)3-4-12(11)17-14(15)18-13/h3-4,7,9,16H,5-6,8H2,1-2H3/t9-/m0/s1. The summed E-state index contributed by atoms with van der Waals surface area (Å²) in [4.78, 5) is 10.9. The molecule has 6 heteroatoms. The lowest BCUT2D eigenvalue weighted by Crippen LogP contribution is -2.30. The fraction of sp³-hybridized carbons (Fsp3) is 0.429. The Hall–Kier alpha value is -1.59. The van der Waals surface area contributed by atoms with Crippen molar-refractivity contribution in [1.82, 2.24) is 15.3 Å². The van der Waals surface area contributed by atoms with E-state index < -0.39 is 0 Å². The van der Waals surface area contributed by atoms with Crippen molar-refractivity contribution >= 4 is 28.3 Å². The van der Waals surface area contributed by atoms with Crippen molar-refractivity contribution in [3.63, 3.8) is 0 Å². The predicted molar refractivity (Wildman–Crippen MR) is 80.8 cm³/mol. The molecule has 1 atom stereocenters. The first-order chi connectivity index (χ1) is 9.71. The van der Waals surface area contributed by atoms with Crippen molar-refractivity contribution in [3.05, 3.63) is 23.5 Å². The Morgan fingerprint density at radius 3 is 2.95 bits per heavy atom. The number of hydrogen-bond acceptors (Lipinski definition) is 5. The maximum Gasteiger partial charge on any atom is 0.224 e. The molecular weight excluding hydrogens is 276 g/mol. The molecule has 0 aliphatic carbocycles. The van der Waals surface area contributed by atoms with Gasteiger partial charge < -0.3 is 15.0 Å². The Labute approximate surface area is 122 Å². The SMILES string of the molecule is CN[C@H]1CCN(c2nc(Cl)nc3ccc(OC)cc23)C1. The van der Waals surface area contributed by atoms with Crippen LogP contribution in [0.2, 0.25) is 5.28 Å². The highest BCUT2D eigenvalue weighted by Gasteiger charge is 2.24. The van der Waals surface area contributed by atoms with Crippen LogP contribution in [0.4, 0.5) is 5.82 Å². The normalized spacial score (nSPS) is 18.8. The van der Waals surface area contributed by atoms with E-state index in [-0.39, 0.29) is 5.28 Å². The highest BCUT2D eigenvalue weighted by Crippen LogP contribution is 2.30. The summed E-state index contributed by atoms with van der Waals surface area (Å²) in [7, 11) is 3.65. The molecule has 1 aliphatic heterocycles. The zero-order valence-electron chi connectivity index (χ0n) is 11.6. The molecule has 1 fully saturated rings. The number of nitrogens with zero attached hydrogens (tertiary/aromatic N) is 3. The van der Waals surface area contributed by atoms with Crippen LogP contribution in [0.25, 0.3) is 10.9 Å². The third kappa shape index (κ3) is 2.39. The Bertz CT molecular complexity index is 634. The summed E-state index contributed by atoms with van der Waals surface area (Å²) in [5.74, 6) is 1.69. The molecular formula is C14H17ClN4O. The van der Waals surface area contributed by atoms with Gasteiger partial charge in [-0.05, 0) is 43.3 Å². The van der Waals surface area contributed by atoms with Crippen molar-refractivity contribution in [3.8, 4) is 5.75 Å². The molecule has 1 saturated heterocycles. The molecule has 106 valence electrons. The quantitative estimate of drug-likeness (QED) is 0.878. The first kappa shape index (κ1) is 13.4. The van der Waals surface area contributed by atoms with Crippen molar-refractivity contribution in [2.24, 2.45) is 0 Å². The number of hydrogen-bond donors (Lipinski definition) is 1. The van der Waals surface area contributed by atoms with E-state index in [1.807, 2.05) is 25.2 Å². The second-order valence-corrected chi connectivity index (χ2v) is 5.26. The van der Waals surface area contributed by atoms with Crippen LogP contribution in [-0.2, 0) is 0 Å². The third-order valence-electron chi connectivity index (χ3n) is 3.75. The summed E-state index contributed by atoms with van der Waals surface area (Å²) in [6.45, 7) is 1.89. The molecule has 2 aromatic rings. The van der Waals surface area contributed by atoms with E-state index >= 15 is 0 Å². The fourth-order valence-electron chi connectivity index (χ4n) is 2.62. The fourth-order valence-corrected chi connectivity index (χ4v) is 2.79. The number of rotatable bonds is 3. The molecule has 1 aliphatic rings. The summed E-state index contributed by atoms with van der Waals surface area (Å²) < 4.78 is 5.29. The molecule has 0 unspecified atom stereocenters. The van der Waals surface area contributed by atoms with Crippen LogP contribution in [0.1, 0.15) is 6.42 Å². The molecule has 0 saturated carbocycles. The minimum Gasteiger partial charge on any atom is -0.497 e. The van der Waals surface area contributed by atoms with Gasteiger partial charge in [-0.2, -0.15) is 4.98 Å². The predicted octanol–water partition coefficient (Wildman–Crippen LogP) is 2.09. The topological polar surface area (TPSA) is 50.3 Å². The minimum absolute atomic E-state index is 0.283. The van der Waals surface area contributed by atoms with Crippen LogP contribution >= 0.6 is 11.6 Å². The molecule has 0 spiro atoms. The summed E-state index contributed by atoms with van der Waals surface area (Å²) >= 11 is 6.05. The Balaban J connectivity index is 2.08. The van der Waals surface area contributed by atoms with Gasteiger partial charge in [-0.3, -0.25) is 0 Å².